The molecule has 0 aromatic heterocycles. The first-order chi connectivity index (χ1) is 14.5. The van der Waals surface area contributed by atoms with Gasteiger partial charge in [0, 0.05) is 11.8 Å². The standard InChI is InChI=1S/C21H24N2O6S/c1-4-29-21(26)15-7-5-6-8-16(15)23-20(25)13-30-12-19(24)22-14-9-10-17(27-2)18(11-14)28-3/h5-11H,4,12-13H2,1-3H3,(H,22,24)(H,23,25). The first-order valence-electron chi connectivity index (χ1n) is 9.14. The zero-order valence-electron chi connectivity index (χ0n) is 17.0. The van der Waals surface area contributed by atoms with E-state index in [2.05, 4.69) is 10.6 Å². The van der Waals surface area contributed by atoms with Crippen molar-refractivity contribution in [3.63, 3.8) is 0 Å². The zero-order valence-corrected chi connectivity index (χ0v) is 17.8. The Hall–Kier alpha value is -3.20. The predicted molar refractivity (Wildman–Crippen MR) is 117 cm³/mol. The number of hydrogen-bond acceptors (Lipinski definition) is 7. The second-order valence-electron chi connectivity index (χ2n) is 5.92. The number of ether oxygens (including phenoxy) is 3. The van der Waals surface area contributed by atoms with Crippen LogP contribution in [0.4, 0.5) is 11.4 Å². The number of rotatable bonds is 10. The Balaban J connectivity index is 1.84. The van der Waals surface area contributed by atoms with E-state index in [1.54, 1.807) is 49.4 Å². The smallest absolute Gasteiger partial charge is 0.340 e. The molecule has 0 spiro atoms. The summed E-state index contributed by atoms with van der Waals surface area (Å²) in [5.41, 5.74) is 1.21. The minimum absolute atomic E-state index is 0.0521. The molecular formula is C21H24N2O6S. The van der Waals surface area contributed by atoms with Crippen LogP contribution >= 0.6 is 11.8 Å². The maximum absolute atomic E-state index is 12.2. The summed E-state index contributed by atoms with van der Waals surface area (Å²) in [6, 6.07) is 11.6. The van der Waals surface area contributed by atoms with Crippen molar-refractivity contribution in [1.29, 1.82) is 0 Å². The summed E-state index contributed by atoms with van der Waals surface area (Å²) in [4.78, 5) is 36.3. The third kappa shape index (κ3) is 6.70. The first-order valence-corrected chi connectivity index (χ1v) is 10.3. The molecule has 0 saturated carbocycles. The highest BCUT2D eigenvalue weighted by atomic mass is 32.2. The van der Waals surface area contributed by atoms with Gasteiger partial charge in [0.25, 0.3) is 0 Å². The number of carbonyl (C=O) groups is 3. The fraction of sp³-hybridized carbons (Fsp3) is 0.286. The fourth-order valence-electron chi connectivity index (χ4n) is 2.51. The van der Waals surface area contributed by atoms with Gasteiger partial charge in [0.15, 0.2) is 11.5 Å². The molecule has 0 aliphatic heterocycles. The van der Waals surface area contributed by atoms with Gasteiger partial charge in [-0.2, -0.15) is 0 Å². The van der Waals surface area contributed by atoms with E-state index in [9.17, 15) is 14.4 Å². The molecule has 0 heterocycles. The minimum atomic E-state index is -0.504. The van der Waals surface area contributed by atoms with Crippen LogP contribution in [0.25, 0.3) is 0 Å². The molecule has 160 valence electrons. The third-order valence-corrected chi connectivity index (χ3v) is 4.76. The van der Waals surface area contributed by atoms with E-state index in [-0.39, 0.29) is 35.5 Å². The first kappa shape index (κ1) is 23.1. The number of methoxy groups -OCH3 is 2. The molecule has 0 bridgehead atoms. The molecule has 2 N–H and O–H groups in total. The average molecular weight is 432 g/mol. The Morgan fingerprint density at radius 1 is 0.900 bits per heavy atom. The van der Waals surface area contributed by atoms with Crippen LogP contribution < -0.4 is 20.1 Å². The number of amides is 2. The monoisotopic (exact) mass is 432 g/mol. The van der Waals surface area contributed by atoms with Crippen molar-refractivity contribution in [1.82, 2.24) is 0 Å². The van der Waals surface area contributed by atoms with Crippen molar-refractivity contribution in [3.8, 4) is 11.5 Å². The molecule has 30 heavy (non-hydrogen) atoms. The van der Waals surface area contributed by atoms with Gasteiger partial charge in [-0.25, -0.2) is 4.79 Å². The summed E-state index contributed by atoms with van der Waals surface area (Å²) in [5, 5.41) is 5.42. The molecule has 0 unspecified atom stereocenters. The topological polar surface area (TPSA) is 103 Å². The molecule has 0 aliphatic carbocycles. The van der Waals surface area contributed by atoms with Crippen LogP contribution in [0.2, 0.25) is 0 Å². The van der Waals surface area contributed by atoms with Crippen molar-refractivity contribution in [2.45, 2.75) is 6.92 Å². The Morgan fingerprint density at radius 2 is 1.57 bits per heavy atom. The maximum Gasteiger partial charge on any atom is 0.340 e. The second kappa shape index (κ2) is 11.7. The highest BCUT2D eigenvalue weighted by Crippen LogP contribution is 2.29. The summed E-state index contributed by atoms with van der Waals surface area (Å²) in [7, 11) is 3.04. The van der Waals surface area contributed by atoms with Gasteiger partial charge >= 0.3 is 5.97 Å². The number of carbonyl (C=O) groups excluding carboxylic acids is 3. The van der Waals surface area contributed by atoms with Crippen LogP contribution in [0.15, 0.2) is 42.5 Å². The maximum atomic E-state index is 12.2. The average Bonchev–Trinajstić information content (AvgIpc) is 2.74. The molecular weight excluding hydrogens is 408 g/mol. The van der Waals surface area contributed by atoms with E-state index in [4.69, 9.17) is 14.2 Å². The van der Waals surface area contributed by atoms with Gasteiger partial charge in [-0.1, -0.05) is 12.1 Å². The lowest BCUT2D eigenvalue weighted by Crippen LogP contribution is -2.20. The lowest BCUT2D eigenvalue weighted by Gasteiger charge is -2.11. The number of thioether (sulfide) groups is 1. The molecule has 0 aliphatic rings. The number of nitrogens with one attached hydrogen (secondary N) is 2. The third-order valence-electron chi connectivity index (χ3n) is 3.83. The molecule has 2 aromatic rings. The van der Waals surface area contributed by atoms with Crippen molar-refractivity contribution in [3.05, 3.63) is 48.0 Å². The SMILES string of the molecule is CCOC(=O)c1ccccc1NC(=O)CSCC(=O)Nc1ccc(OC)c(OC)c1. The number of benzene rings is 2. The lowest BCUT2D eigenvalue weighted by atomic mass is 10.2. The van der Waals surface area contributed by atoms with E-state index in [0.29, 0.717) is 22.9 Å². The van der Waals surface area contributed by atoms with E-state index in [1.807, 2.05) is 0 Å². The normalized spacial score (nSPS) is 10.1. The van der Waals surface area contributed by atoms with E-state index in [1.165, 1.54) is 14.2 Å². The van der Waals surface area contributed by atoms with E-state index >= 15 is 0 Å². The van der Waals surface area contributed by atoms with Crippen LogP contribution in [-0.2, 0) is 14.3 Å². The quantitative estimate of drug-likeness (QED) is 0.556. The Bertz CT molecular complexity index is 903. The van der Waals surface area contributed by atoms with Crippen LogP contribution in [0.3, 0.4) is 0 Å². The largest absolute Gasteiger partial charge is 0.493 e. The fourth-order valence-corrected chi connectivity index (χ4v) is 3.13. The van der Waals surface area contributed by atoms with Gasteiger partial charge in [-0.05, 0) is 31.2 Å². The predicted octanol–water partition coefficient (Wildman–Crippen LogP) is 3.19. The van der Waals surface area contributed by atoms with Gasteiger partial charge in [-0.15, -0.1) is 11.8 Å². The zero-order chi connectivity index (χ0) is 21.9. The van der Waals surface area contributed by atoms with Crippen molar-refractivity contribution >= 4 is 40.9 Å². The highest BCUT2D eigenvalue weighted by Gasteiger charge is 2.14. The minimum Gasteiger partial charge on any atom is -0.493 e. The molecule has 0 fully saturated rings. The van der Waals surface area contributed by atoms with Crippen molar-refractivity contribution in [2.75, 3.05) is 43.0 Å². The molecule has 0 radical (unpaired) electrons. The van der Waals surface area contributed by atoms with Gasteiger partial charge in [0.1, 0.15) is 0 Å². The Labute approximate surface area is 179 Å². The van der Waals surface area contributed by atoms with Crippen molar-refractivity contribution < 1.29 is 28.6 Å². The van der Waals surface area contributed by atoms with Crippen molar-refractivity contribution in [2.24, 2.45) is 0 Å². The lowest BCUT2D eigenvalue weighted by molar-refractivity contribution is -0.114. The molecule has 8 nitrogen and oxygen atoms in total. The van der Waals surface area contributed by atoms with Gasteiger partial charge in [0.05, 0.1) is 43.6 Å². The molecule has 2 aromatic carbocycles. The van der Waals surface area contributed by atoms with E-state index < -0.39 is 5.97 Å². The number of hydrogen-bond donors (Lipinski definition) is 2. The van der Waals surface area contributed by atoms with Crippen LogP contribution in [-0.4, -0.2) is 50.1 Å². The summed E-state index contributed by atoms with van der Waals surface area (Å²) in [6.07, 6.45) is 0. The Kier molecular flexibility index (Phi) is 9.02. The number of para-hydroxylation sites is 1. The van der Waals surface area contributed by atoms with Crippen LogP contribution in [0.5, 0.6) is 11.5 Å². The summed E-state index contributed by atoms with van der Waals surface area (Å²) >= 11 is 1.15. The van der Waals surface area contributed by atoms with Crippen LogP contribution in [0.1, 0.15) is 17.3 Å². The summed E-state index contributed by atoms with van der Waals surface area (Å²) in [6.45, 7) is 1.95. The second-order valence-corrected chi connectivity index (χ2v) is 6.91. The molecule has 0 saturated heterocycles. The Morgan fingerprint density at radius 3 is 2.23 bits per heavy atom. The number of anilines is 2. The molecule has 9 heteroatoms. The van der Waals surface area contributed by atoms with Gasteiger partial charge < -0.3 is 24.8 Å². The molecule has 2 amide bonds. The highest BCUT2D eigenvalue weighted by molar-refractivity contribution is 8.00. The summed E-state index contributed by atoms with van der Waals surface area (Å²) in [5.74, 6) is 0.114. The molecule has 2 rings (SSSR count). The number of esters is 1. The summed E-state index contributed by atoms with van der Waals surface area (Å²) < 4.78 is 15.3. The van der Waals surface area contributed by atoms with Gasteiger partial charge in [-0.3, -0.25) is 9.59 Å². The van der Waals surface area contributed by atoms with Gasteiger partial charge in [0.2, 0.25) is 11.8 Å². The van der Waals surface area contributed by atoms with E-state index in [0.717, 1.165) is 11.8 Å². The van der Waals surface area contributed by atoms with Crippen LogP contribution in [0, 0.1) is 0 Å². The molecule has 0 atom stereocenters.